The van der Waals surface area contributed by atoms with E-state index in [2.05, 4.69) is 12.2 Å². The molecular weight excluding hydrogens is 374 g/mol. The molecule has 1 saturated carbocycles. The predicted molar refractivity (Wildman–Crippen MR) is 106 cm³/mol. The van der Waals surface area contributed by atoms with Gasteiger partial charge in [0.05, 0.1) is 19.6 Å². The molecule has 0 bridgehead atoms. The third kappa shape index (κ3) is 6.21. The molecule has 0 saturated heterocycles. The van der Waals surface area contributed by atoms with E-state index in [1.54, 1.807) is 18.2 Å². The van der Waals surface area contributed by atoms with Crippen LogP contribution in [0.25, 0.3) is 0 Å². The maximum Gasteiger partial charge on any atom is 0.306 e. The summed E-state index contributed by atoms with van der Waals surface area (Å²) in [6.07, 6.45) is 5.10. The molecule has 1 N–H and O–H groups in total. The molecule has 7 heteroatoms. The van der Waals surface area contributed by atoms with Crippen molar-refractivity contribution in [1.82, 2.24) is 5.32 Å². The van der Waals surface area contributed by atoms with Gasteiger partial charge in [-0.25, -0.2) is 0 Å². The molecule has 0 spiro atoms. The minimum absolute atomic E-state index is 0.0136. The van der Waals surface area contributed by atoms with Crippen molar-refractivity contribution < 1.29 is 28.6 Å². The van der Waals surface area contributed by atoms with E-state index in [0.29, 0.717) is 36.2 Å². The lowest BCUT2D eigenvalue weighted by atomic mass is 9.86. The average Bonchev–Trinajstić information content (AvgIpc) is 2.97. The highest BCUT2D eigenvalue weighted by molar-refractivity contribution is 5.98. The average molecular weight is 403 g/mol. The number of amides is 1. The fraction of sp³-hybridized carbons (Fsp3) is 0.591. The molecule has 0 unspecified atom stereocenters. The summed E-state index contributed by atoms with van der Waals surface area (Å²) in [6.45, 7) is 2.94. The SMILES string of the molecule is C[C@H]1CCCC[C@H]1NC(=O)COC(=O)CCC(=O)c1ccc2c(c1)OCCCO2. The Bertz CT molecular complexity index is 747. The quantitative estimate of drug-likeness (QED) is 0.556. The van der Waals surface area contributed by atoms with Crippen molar-refractivity contribution in [3.05, 3.63) is 23.8 Å². The molecule has 1 aromatic rings. The fourth-order valence-corrected chi connectivity index (χ4v) is 3.69. The van der Waals surface area contributed by atoms with Crippen molar-refractivity contribution in [2.45, 2.75) is 57.9 Å². The number of ketones is 1. The third-order valence-corrected chi connectivity index (χ3v) is 5.45. The third-order valence-electron chi connectivity index (χ3n) is 5.45. The van der Waals surface area contributed by atoms with E-state index in [1.807, 2.05) is 0 Å². The van der Waals surface area contributed by atoms with Gasteiger partial charge in [-0.3, -0.25) is 14.4 Å². The van der Waals surface area contributed by atoms with E-state index in [9.17, 15) is 14.4 Å². The van der Waals surface area contributed by atoms with E-state index in [-0.39, 0.29) is 37.2 Å². The number of Topliss-reactive ketones (excluding diaryl/α,β-unsaturated/α-hetero) is 1. The van der Waals surface area contributed by atoms with Crippen LogP contribution < -0.4 is 14.8 Å². The van der Waals surface area contributed by atoms with Gasteiger partial charge in [-0.05, 0) is 37.0 Å². The zero-order valence-corrected chi connectivity index (χ0v) is 16.9. The molecule has 1 heterocycles. The fourth-order valence-electron chi connectivity index (χ4n) is 3.69. The molecule has 1 amide bonds. The molecule has 29 heavy (non-hydrogen) atoms. The second kappa shape index (κ2) is 10.3. The number of nitrogens with one attached hydrogen (secondary N) is 1. The number of ether oxygens (including phenoxy) is 3. The van der Waals surface area contributed by atoms with E-state index < -0.39 is 5.97 Å². The number of carbonyl (C=O) groups excluding carboxylic acids is 3. The maximum absolute atomic E-state index is 12.4. The molecular formula is C22H29NO6. The summed E-state index contributed by atoms with van der Waals surface area (Å²) in [4.78, 5) is 36.3. The van der Waals surface area contributed by atoms with Crippen LogP contribution in [0.1, 0.15) is 62.2 Å². The highest BCUT2D eigenvalue weighted by Crippen LogP contribution is 2.31. The number of fused-ring (bicyclic) bond motifs is 1. The zero-order chi connectivity index (χ0) is 20.6. The van der Waals surface area contributed by atoms with Crippen LogP contribution in [0.2, 0.25) is 0 Å². The summed E-state index contributed by atoms with van der Waals surface area (Å²) in [6, 6.07) is 5.17. The number of carbonyl (C=O) groups is 3. The first-order chi connectivity index (χ1) is 14.0. The first-order valence-corrected chi connectivity index (χ1v) is 10.4. The lowest BCUT2D eigenvalue weighted by Crippen LogP contribution is -2.42. The predicted octanol–water partition coefficient (Wildman–Crippen LogP) is 3.05. The Balaban J connectivity index is 1.40. The molecule has 1 aliphatic heterocycles. The van der Waals surface area contributed by atoms with Crippen molar-refractivity contribution in [3.63, 3.8) is 0 Å². The number of rotatable bonds is 7. The number of hydrogen-bond donors (Lipinski definition) is 1. The van der Waals surface area contributed by atoms with Gasteiger partial charge < -0.3 is 19.5 Å². The van der Waals surface area contributed by atoms with Gasteiger partial charge >= 0.3 is 5.97 Å². The van der Waals surface area contributed by atoms with Gasteiger partial charge in [0.25, 0.3) is 5.91 Å². The summed E-state index contributed by atoms with van der Waals surface area (Å²) in [7, 11) is 0. The highest BCUT2D eigenvalue weighted by atomic mass is 16.5. The van der Waals surface area contributed by atoms with E-state index in [4.69, 9.17) is 14.2 Å². The van der Waals surface area contributed by atoms with Crippen molar-refractivity contribution in [3.8, 4) is 11.5 Å². The van der Waals surface area contributed by atoms with Crippen LogP contribution >= 0.6 is 0 Å². The maximum atomic E-state index is 12.4. The molecule has 0 aromatic heterocycles. The van der Waals surface area contributed by atoms with Crippen molar-refractivity contribution in [2.24, 2.45) is 5.92 Å². The normalized spacial score (nSPS) is 21.0. The van der Waals surface area contributed by atoms with E-state index in [0.717, 1.165) is 25.7 Å². The van der Waals surface area contributed by atoms with Gasteiger partial charge in [-0.1, -0.05) is 19.8 Å². The van der Waals surface area contributed by atoms with Gasteiger partial charge in [-0.2, -0.15) is 0 Å². The molecule has 3 rings (SSSR count). The van der Waals surface area contributed by atoms with Crippen LogP contribution in [-0.4, -0.2) is 43.5 Å². The topological polar surface area (TPSA) is 90.9 Å². The van der Waals surface area contributed by atoms with Crippen molar-refractivity contribution in [1.29, 1.82) is 0 Å². The van der Waals surface area contributed by atoms with Gasteiger partial charge in [0, 0.05) is 24.4 Å². The molecule has 2 aliphatic rings. The van der Waals surface area contributed by atoms with Crippen LogP contribution in [0.4, 0.5) is 0 Å². The van der Waals surface area contributed by atoms with Gasteiger partial charge in [0.15, 0.2) is 23.9 Å². The van der Waals surface area contributed by atoms with Crippen molar-refractivity contribution >= 4 is 17.7 Å². The second-order valence-electron chi connectivity index (χ2n) is 7.73. The Morgan fingerprint density at radius 2 is 1.79 bits per heavy atom. The summed E-state index contributed by atoms with van der Waals surface area (Å²) >= 11 is 0. The smallest absolute Gasteiger partial charge is 0.306 e. The Kier molecular flexibility index (Phi) is 7.49. The first kappa shape index (κ1) is 21.1. The first-order valence-electron chi connectivity index (χ1n) is 10.4. The molecule has 1 aromatic carbocycles. The second-order valence-corrected chi connectivity index (χ2v) is 7.73. The number of hydrogen-bond acceptors (Lipinski definition) is 6. The summed E-state index contributed by atoms with van der Waals surface area (Å²) in [5.41, 5.74) is 0.464. The zero-order valence-electron chi connectivity index (χ0n) is 16.9. The van der Waals surface area contributed by atoms with Gasteiger partial charge in [0.1, 0.15) is 0 Å². The molecule has 0 radical (unpaired) electrons. The Hall–Kier alpha value is -2.57. The van der Waals surface area contributed by atoms with Crippen LogP contribution in [0.5, 0.6) is 11.5 Å². The number of benzene rings is 1. The van der Waals surface area contributed by atoms with E-state index >= 15 is 0 Å². The lowest BCUT2D eigenvalue weighted by Gasteiger charge is -2.29. The molecule has 2 atom stereocenters. The Labute approximate surface area is 171 Å². The standard InChI is InChI=1S/C22H29NO6/c1-15-5-2-3-6-17(15)23-21(25)14-29-22(26)10-8-18(24)16-7-9-19-20(13-16)28-12-4-11-27-19/h7,9,13,15,17H,2-6,8,10-12,14H2,1H3,(H,23,25)/t15-,17+/m0/s1. The van der Waals surface area contributed by atoms with Gasteiger partial charge in [0.2, 0.25) is 0 Å². The summed E-state index contributed by atoms with van der Waals surface area (Å²) in [5, 5.41) is 2.94. The molecule has 7 nitrogen and oxygen atoms in total. The van der Waals surface area contributed by atoms with Crippen LogP contribution in [0.15, 0.2) is 18.2 Å². The molecule has 1 fully saturated rings. The minimum Gasteiger partial charge on any atom is -0.490 e. The largest absolute Gasteiger partial charge is 0.490 e. The molecule has 158 valence electrons. The van der Waals surface area contributed by atoms with Crippen LogP contribution in [0.3, 0.4) is 0 Å². The lowest BCUT2D eigenvalue weighted by molar-refractivity contribution is -0.148. The van der Waals surface area contributed by atoms with Crippen molar-refractivity contribution in [2.75, 3.05) is 19.8 Å². The Morgan fingerprint density at radius 1 is 1.03 bits per heavy atom. The summed E-state index contributed by atoms with van der Waals surface area (Å²) < 4.78 is 16.2. The van der Waals surface area contributed by atoms with Gasteiger partial charge in [-0.15, -0.1) is 0 Å². The minimum atomic E-state index is -0.556. The summed E-state index contributed by atoms with van der Waals surface area (Å²) in [5.74, 6) is 0.585. The molecule has 1 aliphatic carbocycles. The number of esters is 1. The van der Waals surface area contributed by atoms with Crippen LogP contribution in [-0.2, 0) is 14.3 Å². The van der Waals surface area contributed by atoms with E-state index in [1.165, 1.54) is 6.42 Å². The monoisotopic (exact) mass is 403 g/mol. The highest BCUT2D eigenvalue weighted by Gasteiger charge is 2.23. The van der Waals surface area contributed by atoms with Crippen LogP contribution in [0, 0.1) is 5.92 Å². The Morgan fingerprint density at radius 3 is 2.59 bits per heavy atom.